The Labute approximate surface area is 101 Å². The Morgan fingerprint density at radius 2 is 2.12 bits per heavy atom. The van der Waals surface area contributed by atoms with Crippen molar-refractivity contribution in [1.82, 2.24) is 9.55 Å². The molecule has 1 aromatic heterocycles. The third kappa shape index (κ3) is 2.23. The van der Waals surface area contributed by atoms with Crippen molar-refractivity contribution in [3.05, 3.63) is 29.6 Å². The second-order valence-electron chi connectivity index (χ2n) is 4.89. The van der Waals surface area contributed by atoms with Gasteiger partial charge in [0.25, 0.3) is 0 Å². The summed E-state index contributed by atoms with van der Waals surface area (Å²) >= 11 is 0. The first-order valence-electron chi connectivity index (χ1n) is 5.93. The third-order valence-corrected chi connectivity index (χ3v) is 2.95. The molecule has 0 radical (unpaired) electrons. The Morgan fingerprint density at radius 1 is 1.41 bits per heavy atom. The predicted molar refractivity (Wildman–Crippen MR) is 69.2 cm³/mol. The molecular formula is C14H18N2O. The lowest BCUT2D eigenvalue weighted by molar-refractivity contribution is -0.116. The number of aromatic nitrogens is 2. The summed E-state index contributed by atoms with van der Waals surface area (Å²) in [5.74, 6) is 1.67. The fourth-order valence-electron chi connectivity index (χ4n) is 2.18. The molecule has 0 fully saturated rings. The van der Waals surface area contributed by atoms with Gasteiger partial charge in [0.05, 0.1) is 11.0 Å². The van der Waals surface area contributed by atoms with E-state index in [4.69, 9.17) is 0 Å². The maximum atomic E-state index is 11.1. The van der Waals surface area contributed by atoms with Crippen LogP contribution in [0.15, 0.2) is 18.2 Å². The molecule has 0 spiro atoms. The third-order valence-electron chi connectivity index (χ3n) is 2.95. The fraction of sp³-hybridized carbons (Fsp3) is 0.429. The summed E-state index contributed by atoms with van der Waals surface area (Å²) in [6.07, 6.45) is 0.490. The van der Waals surface area contributed by atoms with Crippen molar-refractivity contribution < 1.29 is 4.79 Å². The van der Waals surface area contributed by atoms with Gasteiger partial charge in [0.2, 0.25) is 0 Å². The number of rotatable bonds is 3. The van der Waals surface area contributed by atoms with Crippen molar-refractivity contribution in [3.63, 3.8) is 0 Å². The van der Waals surface area contributed by atoms with E-state index in [9.17, 15) is 4.79 Å². The zero-order chi connectivity index (χ0) is 12.6. The molecule has 0 saturated heterocycles. The van der Waals surface area contributed by atoms with Crippen LogP contribution in [0.25, 0.3) is 11.0 Å². The number of nitrogens with zero attached hydrogens (tertiary/aromatic N) is 2. The van der Waals surface area contributed by atoms with Gasteiger partial charge in [0, 0.05) is 19.4 Å². The first-order chi connectivity index (χ1) is 7.99. The van der Waals surface area contributed by atoms with Gasteiger partial charge in [-0.2, -0.15) is 0 Å². The second kappa shape index (κ2) is 4.32. The van der Waals surface area contributed by atoms with Crippen LogP contribution in [0.1, 0.15) is 38.1 Å². The van der Waals surface area contributed by atoms with Crippen LogP contribution >= 0.6 is 0 Å². The largest absolute Gasteiger partial charge is 0.331 e. The maximum Gasteiger partial charge on any atom is 0.134 e. The van der Waals surface area contributed by atoms with Gasteiger partial charge in [0.15, 0.2) is 0 Å². The van der Waals surface area contributed by atoms with Gasteiger partial charge in [-0.05, 0) is 24.6 Å². The molecule has 0 aliphatic heterocycles. The highest BCUT2D eigenvalue weighted by molar-refractivity contribution is 5.81. The Balaban J connectivity index is 2.51. The molecular weight excluding hydrogens is 212 g/mol. The molecule has 1 aromatic carbocycles. The number of Topliss-reactive ketones (excluding diaryl/α,β-unsaturated/α-hetero) is 1. The number of imidazole rings is 1. The lowest BCUT2D eigenvalue weighted by Crippen LogP contribution is -1.99. The first-order valence-corrected chi connectivity index (χ1v) is 5.93. The zero-order valence-corrected chi connectivity index (χ0v) is 10.8. The van der Waals surface area contributed by atoms with Gasteiger partial charge in [-0.3, -0.25) is 4.79 Å². The van der Waals surface area contributed by atoms with E-state index in [1.807, 2.05) is 25.2 Å². The summed E-state index contributed by atoms with van der Waals surface area (Å²) in [7, 11) is 2.04. The van der Waals surface area contributed by atoms with Crippen molar-refractivity contribution >= 4 is 16.8 Å². The molecule has 2 aromatic rings. The highest BCUT2D eigenvalue weighted by atomic mass is 16.1. The molecule has 0 unspecified atom stereocenters. The minimum absolute atomic E-state index is 0.185. The van der Waals surface area contributed by atoms with Crippen LogP contribution in [-0.2, 0) is 18.3 Å². The van der Waals surface area contributed by atoms with Gasteiger partial charge in [-0.15, -0.1) is 0 Å². The Hall–Kier alpha value is -1.64. The molecule has 2 rings (SSSR count). The standard InChI is InChI=1S/C14H18N2O/c1-9(2)14-15-12-8-11(7-10(3)17)5-6-13(12)16(14)4/h5-6,8-9H,7H2,1-4H3. The van der Waals surface area contributed by atoms with E-state index in [1.165, 1.54) is 0 Å². The molecule has 17 heavy (non-hydrogen) atoms. The summed E-state index contributed by atoms with van der Waals surface area (Å²) in [6.45, 7) is 5.89. The highest BCUT2D eigenvalue weighted by Crippen LogP contribution is 2.21. The Bertz CT molecular complexity index is 567. The molecule has 0 atom stereocenters. The van der Waals surface area contributed by atoms with E-state index < -0.39 is 0 Å². The van der Waals surface area contributed by atoms with E-state index in [-0.39, 0.29) is 5.78 Å². The Morgan fingerprint density at radius 3 is 2.71 bits per heavy atom. The summed E-state index contributed by atoms with van der Waals surface area (Å²) < 4.78 is 2.12. The maximum absolute atomic E-state index is 11.1. The van der Waals surface area contributed by atoms with Crippen LogP contribution in [0.2, 0.25) is 0 Å². The van der Waals surface area contributed by atoms with Crippen molar-refractivity contribution in [2.24, 2.45) is 7.05 Å². The lowest BCUT2D eigenvalue weighted by atomic mass is 10.1. The molecule has 90 valence electrons. The van der Waals surface area contributed by atoms with Crippen LogP contribution in [0, 0.1) is 0 Å². The lowest BCUT2D eigenvalue weighted by Gasteiger charge is -2.04. The molecule has 0 aliphatic rings. The minimum atomic E-state index is 0.185. The Kier molecular flexibility index (Phi) is 3.01. The molecule has 0 bridgehead atoms. The molecule has 3 heteroatoms. The smallest absolute Gasteiger partial charge is 0.134 e. The monoisotopic (exact) mass is 230 g/mol. The van der Waals surface area contributed by atoms with Crippen LogP contribution in [-0.4, -0.2) is 15.3 Å². The van der Waals surface area contributed by atoms with Crippen LogP contribution < -0.4 is 0 Å². The summed E-state index contributed by atoms with van der Waals surface area (Å²) in [5, 5.41) is 0. The number of carbonyl (C=O) groups is 1. The fourth-order valence-corrected chi connectivity index (χ4v) is 2.18. The second-order valence-corrected chi connectivity index (χ2v) is 4.89. The first kappa shape index (κ1) is 11.8. The van der Waals surface area contributed by atoms with E-state index in [1.54, 1.807) is 6.92 Å². The number of hydrogen-bond donors (Lipinski definition) is 0. The van der Waals surface area contributed by atoms with Crippen molar-refractivity contribution in [2.45, 2.75) is 33.1 Å². The molecule has 0 saturated carbocycles. The van der Waals surface area contributed by atoms with E-state index >= 15 is 0 Å². The summed E-state index contributed by atoms with van der Waals surface area (Å²) in [4.78, 5) is 15.7. The normalized spacial score (nSPS) is 11.4. The van der Waals surface area contributed by atoms with Crippen LogP contribution in [0.4, 0.5) is 0 Å². The van der Waals surface area contributed by atoms with Crippen LogP contribution in [0.5, 0.6) is 0 Å². The molecule has 0 aliphatic carbocycles. The highest BCUT2D eigenvalue weighted by Gasteiger charge is 2.11. The van der Waals surface area contributed by atoms with Gasteiger partial charge in [-0.1, -0.05) is 19.9 Å². The predicted octanol–water partition coefficient (Wildman–Crippen LogP) is 2.83. The number of ketones is 1. The van der Waals surface area contributed by atoms with Crippen LogP contribution in [0.3, 0.4) is 0 Å². The topological polar surface area (TPSA) is 34.9 Å². The average molecular weight is 230 g/mol. The number of aryl methyl sites for hydroxylation is 1. The number of carbonyl (C=O) groups excluding carboxylic acids is 1. The van der Waals surface area contributed by atoms with Crippen molar-refractivity contribution in [3.8, 4) is 0 Å². The number of benzene rings is 1. The number of fused-ring (bicyclic) bond motifs is 1. The van der Waals surface area contributed by atoms with Gasteiger partial charge >= 0.3 is 0 Å². The molecule has 1 heterocycles. The molecule has 0 N–H and O–H groups in total. The van der Waals surface area contributed by atoms with E-state index in [0.717, 1.165) is 22.4 Å². The van der Waals surface area contributed by atoms with Crippen molar-refractivity contribution in [2.75, 3.05) is 0 Å². The van der Waals surface area contributed by atoms with Gasteiger partial charge in [0.1, 0.15) is 11.6 Å². The minimum Gasteiger partial charge on any atom is -0.331 e. The molecule has 0 amide bonds. The van der Waals surface area contributed by atoms with Crippen molar-refractivity contribution in [1.29, 1.82) is 0 Å². The quantitative estimate of drug-likeness (QED) is 0.812. The van der Waals surface area contributed by atoms with E-state index in [0.29, 0.717) is 12.3 Å². The average Bonchev–Trinajstić information content (AvgIpc) is 2.55. The number of hydrogen-bond acceptors (Lipinski definition) is 2. The SMILES string of the molecule is CC(=O)Cc1ccc2c(c1)nc(C(C)C)n2C. The van der Waals surface area contributed by atoms with E-state index in [2.05, 4.69) is 23.4 Å². The molecule has 3 nitrogen and oxygen atoms in total. The summed E-state index contributed by atoms with van der Waals surface area (Å²) in [6, 6.07) is 6.07. The van der Waals surface area contributed by atoms with Gasteiger partial charge < -0.3 is 4.57 Å². The van der Waals surface area contributed by atoms with Gasteiger partial charge in [-0.25, -0.2) is 4.98 Å². The zero-order valence-electron chi connectivity index (χ0n) is 10.8. The summed E-state index contributed by atoms with van der Waals surface area (Å²) in [5.41, 5.74) is 3.15.